The molecule has 0 aromatic rings. The van der Waals surface area contributed by atoms with Crippen molar-refractivity contribution in [1.29, 1.82) is 0 Å². The summed E-state index contributed by atoms with van der Waals surface area (Å²) in [6, 6.07) is 0. The van der Waals surface area contributed by atoms with E-state index in [0.717, 1.165) is 37.9 Å². The van der Waals surface area contributed by atoms with Gasteiger partial charge in [-0.25, -0.2) is 0 Å². The van der Waals surface area contributed by atoms with E-state index in [2.05, 4.69) is 0 Å². The molecule has 2 rings (SSSR count). The van der Waals surface area contributed by atoms with E-state index in [1.165, 1.54) is 0 Å². The highest BCUT2D eigenvalue weighted by atomic mass is 16.5. The summed E-state index contributed by atoms with van der Waals surface area (Å²) in [7, 11) is 0. The molecule has 0 saturated heterocycles. The maximum atomic E-state index is 11.4. The van der Waals surface area contributed by atoms with Gasteiger partial charge in [-0.1, -0.05) is 0 Å². The van der Waals surface area contributed by atoms with Gasteiger partial charge in [0.2, 0.25) is 0 Å². The van der Waals surface area contributed by atoms with Crippen LogP contribution in [0.2, 0.25) is 0 Å². The third kappa shape index (κ3) is 1.44. The van der Waals surface area contributed by atoms with E-state index in [9.17, 15) is 4.79 Å². The number of hydrogen-bond donors (Lipinski definition) is 0. The van der Waals surface area contributed by atoms with Gasteiger partial charge in [0.25, 0.3) is 0 Å². The third-order valence-electron chi connectivity index (χ3n) is 2.20. The molecule has 0 bridgehead atoms. The van der Waals surface area contributed by atoms with E-state index in [0.29, 0.717) is 11.7 Å². The SMILES string of the molecule is O=C(C1=COCCC1)C1CC1. The normalized spacial score (nSPS) is 23.8. The summed E-state index contributed by atoms with van der Waals surface area (Å²) in [5, 5.41) is 0. The number of carbonyl (C=O) groups is 1. The van der Waals surface area contributed by atoms with Gasteiger partial charge >= 0.3 is 0 Å². The van der Waals surface area contributed by atoms with Gasteiger partial charge in [0.1, 0.15) is 0 Å². The van der Waals surface area contributed by atoms with E-state index >= 15 is 0 Å². The lowest BCUT2D eigenvalue weighted by Gasteiger charge is -2.11. The Morgan fingerprint density at radius 3 is 2.91 bits per heavy atom. The van der Waals surface area contributed by atoms with Crippen LogP contribution in [0.5, 0.6) is 0 Å². The first-order chi connectivity index (χ1) is 5.38. The Labute approximate surface area is 66.2 Å². The van der Waals surface area contributed by atoms with Crippen LogP contribution >= 0.6 is 0 Å². The molecule has 0 N–H and O–H groups in total. The van der Waals surface area contributed by atoms with Crippen LogP contribution in [0.25, 0.3) is 0 Å². The van der Waals surface area contributed by atoms with E-state index in [1.807, 2.05) is 0 Å². The molecule has 0 spiro atoms. The zero-order valence-corrected chi connectivity index (χ0v) is 6.51. The first-order valence-corrected chi connectivity index (χ1v) is 4.23. The molecule has 2 aliphatic rings. The van der Waals surface area contributed by atoms with Crippen LogP contribution in [0.15, 0.2) is 11.8 Å². The van der Waals surface area contributed by atoms with Crippen molar-refractivity contribution in [2.24, 2.45) is 5.92 Å². The van der Waals surface area contributed by atoms with Crippen LogP contribution in [0.1, 0.15) is 25.7 Å². The molecular weight excluding hydrogens is 140 g/mol. The lowest BCUT2D eigenvalue weighted by Crippen LogP contribution is -2.10. The fraction of sp³-hybridized carbons (Fsp3) is 0.667. The monoisotopic (exact) mass is 152 g/mol. The zero-order chi connectivity index (χ0) is 7.68. The molecule has 1 aliphatic carbocycles. The topological polar surface area (TPSA) is 26.3 Å². The summed E-state index contributed by atoms with van der Waals surface area (Å²) in [4.78, 5) is 11.4. The second-order valence-corrected chi connectivity index (χ2v) is 3.26. The quantitative estimate of drug-likeness (QED) is 0.601. The largest absolute Gasteiger partial charge is 0.501 e. The molecule has 2 heteroatoms. The molecule has 1 saturated carbocycles. The molecule has 1 aliphatic heterocycles. The smallest absolute Gasteiger partial charge is 0.164 e. The molecule has 0 radical (unpaired) electrons. The van der Waals surface area contributed by atoms with E-state index in [4.69, 9.17) is 4.74 Å². The van der Waals surface area contributed by atoms with Crippen LogP contribution in [0.4, 0.5) is 0 Å². The van der Waals surface area contributed by atoms with Crippen molar-refractivity contribution in [2.75, 3.05) is 6.61 Å². The predicted octanol–water partition coefficient (Wildman–Crippen LogP) is 1.66. The Morgan fingerprint density at radius 1 is 1.55 bits per heavy atom. The van der Waals surface area contributed by atoms with Gasteiger partial charge in [-0.15, -0.1) is 0 Å². The molecule has 0 aromatic heterocycles. The van der Waals surface area contributed by atoms with Gasteiger partial charge in [-0.2, -0.15) is 0 Å². The number of hydrogen-bond acceptors (Lipinski definition) is 2. The maximum Gasteiger partial charge on any atom is 0.164 e. The molecule has 0 atom stereocenters. The molecule has 11 heavy (non-hydrogen) atoms. The standard InChI is InChI=1S/C9H12O2/c10-9(7-3-4-7)8-2-1-5-11-6-8/h6-7H,1-5H2. The summed E-state index contributed by atoms with van der Waals surface area (Å²) in [5.74, 6) is 0.688. The number of Topliss-reactive ketones (excluding diaryl/α,β-unsaturated/α-hetero) is 1. The summed E-state index contributed by atoms with van der Waals surface area (Å²) >= 11 is 0. The fourth-order valence-corrected chi connectivity index (χ4v) is 1.35. The Morgan fingerprint density at radius 2 is 2.36 bits per heavy atom. The average molecular weight is 152 g/mol. The summed E-state index contributed by atoms with van der Waals surface area (Å²) in [5.41, 5.74) is 0.916. The summed E-state index contributed by atoms with van der Waals surface area (Å²) in [6.45, 7) is 0.779. The average Bonchev–Trinajstić information content (AvgIpc) is 2.87. The minimum Gasteiger partial charge on any atom is -0.501 e. The lowest BCUT2D eigenvalue weighted by molar-refractivity contribution is -0.117. The highest BCUT2D eigenvalue weighted by molar-refractivity contribution is 5.98. The molecule has 0 aromatic carbocycles. The van der Waals surface area contributed by atoms with Gasteiger partial charge in [0.05, 0.1) is 12.9 Å². The zero-order valence-electron chi connectivity index (χ0n) is 6.51. The van der Waals surface area contributed by atoms with Crippen molar-refractivity contribution in [3.05, 3.63) is 11.8 Å². The van der Waals surface area contributed by atoms with E-state index in [-0.39, 0.29) is 0 Å². The van der Waals surface area contributed by atoms with Gasteiger partial charge in [0.15, 0.2) is 5.78 Å². The number of ether oxygens (including phenoxy) is 1. The Balaban J connectivity index is 2.01. The van der Waals surface area contributed by atoms with Crippen molar-refractivity contribution in [1.82, 2.24) is 0 Å². The lowest BCUT2D eigenvalue weighted by atomic mass is 10.0. The number of carbonyl (C=O) groups excluding carboxylic acids is 1. The molecule has 1 heterocycles. The Kier molecular flexibility index (Phi) is 1.68. The highest BCUT2D eigenvalue weighted by Crippen LogP contribution is 2.33. The van der Waals surface area contributed by atoms with Gasteiger partial charge in [0, 0.05) is 11.5 Å². The van der Waals surface area contributed by atoms with Crippen LogP contribution in [0.3, 0.4) is 0 Å². The second kappa shape index (κ2) is 2.68. The van der Waals surface area contributed by atoms with Gasteiger partial charge in [-0.3, -0.25) is 4.79 Å². The van der Waals surface area contributed by atoms with E-state index < -0.39 is 0 Å². The minimum absolute atomic E-state index is 0.338. The number of ketones is 1. The number of allylic oxidation sites excluding steroid dienone is 1. The molecule has 0 unspecified atom stereocenters. The van der Waals surface area contributed by atoms with Crippen LogP contribution < -0.4 is 0 Å². The van der Waals surface area contributed by atoms with Crippen molar-refractivity contribution in [2.45, 2.75) is 25.7 Å². The molecular formula is C9H12O2. The molecule has 1 fully saturated rings. The second-order valence-electron chi connectivity index (χ2n) is 3.26. The summed E-state index contributed by atoms with van der Waals surface area (Å²) < 4.78 is 5.10. The van der Waals surface area contributed by atoms with Crippen LogP contribution in [0, 0.1) is 5.92 Å². The maximum absolute atomic E-state index is 11.4. The van der Waals surface area contributed by atoms with Gasteiger partial charge < -0.3 is 4.74 Å². The molecule has 0 amide bonds. The summed E-state index contributed by atoms with van der Waals surface area (Å²) in [6.07, 6.45) is 5.77. The first-order valence-electron chi connectivity index (χ1n) is 4.23. The highest BCUT2D eigenvalue weighted by Gasteiger charge is 2.32. The molecule has 2 nitrogen and oxygen atoms in total. The Hall–Kier alpha value is -0.790. The predicted molar refractivity (Wildman–Crippen MR) is 41.0 cm³/mol. The first kappa shape index (κ1) is 6.89. The molecule has 60 valence electrons. The van der Waals surface area contributed by atoms with E-state index in [1.54, 1.807) is 6.26 Å². The van der Waals surface area contributed by atoms with Crippen molar-refractivity contribution >= 4 is 5.78 Å². The fourth-order valence-electron chi connectivity index (χ4n) is 1.35. The minimum atomic E-state index is 0.338. The van der Waals surface area contributed by atoms with Crippen molar-refractivity contribution in [3.63, 3.8) is 0 Å². The van der Waals surface area contributed by atoms with Crippen LogP contribution in [-0.4, -0.2) is 12.4 Å². The Bertz CT molecular complexity index is 202. The van der Waals surface area contributed by atoms with Crippen LogP contribution in [-0.2, 0) is 9.53 Å². The third-order valence-corrected chi connectivity index (χ3v) is 2.20. The van der Waals surface area contributed by atoms with Gasteiger partial charge in [-0.05, 0) is 25.7 Å². The van der Waals surface area contributed by atoms with Crippen molar-refractivity contribution in [3.8, 4) is 0 Å². The number of rotatable bonds is 2. The van der Waals surface area contributed by atoms with Crippen molar-refractivity contribution < 1.29 is 9.53 Å².